The van der Waals surface area contributed by atoms with Crippen LogP contribution in [0.5, 0.6) is 0 Å². The van der Waals surface area contributed by atoms with Crippen LogP contribution in [0.4, 0.5) is 8.78 Å². The van der Waals surface area contributed by atoms with Crippen LogP contribution in [0.3, 0.4) is 0 Å². The zero-order valence-electron chi connectivity index (χ0n) is 14.9. The number of carbonyl (C=O) groups excluding carboxylic acids is 1. The Morgan fingerprint density at radius 1 is 1.19 bits per heavy atom. The molecular weight excluding hydrogens is 348 g/mol. The number of carbonyl (C=O) groups is 1. The molecule has 0 aliphatic carbocycles. The Kier molecular flexibility index (Phi) is 4.48. The van der Waals surface area contributed by atoms with Gasteiger partial charge in [0.05, 0.1) is 29.4 Å². The van der Waals surface area contributed by atoms with E-state index in [0.29, 0.717) is 25.3 Å². The van der Waals surface area contributed by atoms with Crippen LogP contribution in [-0.4, -0.2) is 27.3 Å². The number of aromatic amines is 1. The molecule has 1 N–H and O–H groups in total. The Morgan fingerprint density at radius 2 is 1.96 bits per heavy atom. The minimum absolute atomic E-state index is 0.0518. The third-order valence-electron chi connectivity index (χ3n) is 5.00. The first-order chi connectivity index (χ1) is 13.0. The number of hydrogen-bond donors (Lipinski definition) is 1. The summed E-state index contributed by atoms with van der Waals surface area (Å²) in [5.41, 5.74) is 2.83. The molecule has 0 radical (unpaired) electrons. The van der Waals surface area contributed by atoms with Crippen molar-refractivity contribution >= 4 is 5.91 Å². The number of benzene rings is 2. The van der Waals surface area contributed by atoms with E-state index in [1.807, 2.05) is 37.3 Å². The minimum atomic E-state index is -0.660. The van der Waals surface area contributed by atoms with Gasteiger partial charge in [-0.1, -0.05) is 30.3 Å². The van der Waals surface area contributed by atoms with Gasteiger partial charge < -0.3 is 9.88 Å². The summed E-state index contributed by atoms with van der Waals surface area (Å²) in [7, 11) is 0. The van der Waals surface area contributed by atoms with Gasteiger partial charge in [0.2, 0.25) is 5.91 Å². The zero-order chi connectivity index (χ0) is 19.0. The summed E-state index contributed by atoms with van der Waals surface area (Å²) in [5, 5.41) is 0. The lowest BCUT2D eigenvalue weighted by Gasteiger charge is -2.29. The van der Waals surface area contributed by atoms with Crippen LogP contribution >= 0.6 is 0 Å². The first-order valence-electron chi connectivity index (χ1n) is 8.90. The molecule has 6 heteroatoms. The smallest absolute Gasteiger partial charge is 0.230 e. The number of H-pyrrole nitrogens is 1. The molecule has 1 atom stereocenters. The van der Waals surface area contributed by atoms with Gasteiger partial charge in [0.25, 0.3) is 0 Å². The summed E-state index contributed by atoms with van der Waals surface area (Å²) in [6, 6.07) is 13.1. The predicted octanol–water partition coefficient (Wildman–Crippen LogP) is 4.04. The Morgan fingerprint density at radius 3 is 2.70 bits per heavy atom. The van der Waals surface area contributed by atoms with Crippen molar-refractivity contribution in [3.63, 3.8) is 0 Å². The van der Waals surface area contributed by atoms with Gasteiger partial charge in [-0.3, -0.25) is 4.79 Å². The standard InChI is InChI=1S/C21H19F2N3O/c1-13(14-5-3-2-4-6-14)21(27)26-10-9-18-19(12-26)25-20(24-18)16-8-7-15(22)11-17(16)23/h2-8,11,13H,9-10,12H2,1H3,(H,24,25)/t13-/m0/s1. The van der Waals surface area contributed by atoms with Gasteiger partial charge in [0.15, 0.2) is 0 Å². The highest BCUT2D eigenvalue weighted by Gasteiger charge is 2.28. The lowest BCUT2D eigenvalue weighted by molar-refractivity contribution is -0.133. The van der Waals surface area contributed by atoms with Crippen LogP contribution in [0.25, 0.3) is 11.4 Å². The van der Waals surface area contributed by atoms with Crippen LogP contribution in [0.2, 0.25) is 0 Å². The predicted molar refractivity (Wildman–Crippen MR) is 97.9 cm³/mol. The van der Waals surface area contributed by atoms with E-state index in [4.69, 9.17) is 0 Å². The largest absolute Gasteiger partial charge is 0.340 e. The van der Waals surface area contributed by atoms with Crippen molar-refractivity contribution < 1.29 is 13.6 Å². The summed E-state index contributed by atoms with van der Waals surface area (Å²) >= 11 is 0. The van der Waals surface area contributed by atoms with Gasteiger partial charge in [0.1, 0.15) is 17.5 Å². The number of imidazole rings is 1. The third-order valence-corrected chi connectivity index (χ3v) is 5.00. The molecule has 1 amide bonds. The highest BCUT2D eigenvalue weighted by molar-refractivity contribution is 5.83. The average Bonchev–Trinajstić information content (AvgIpc) is 3.10. The van der Waals surface area contributed by atoms with E-state index in [1.54, 1.807) is 4.90 Å². The van der Waals surface area contributed by atoms with E-state index in [1.165, 1.54) is 12.1 Å². The van der Waals surface area contributed by atoms with Crippen molar-refractivity contribution in [2.45, 2.75) is 25.8 Å². The fourth-order valence-corrected chi connectivity index (χ4v) is 3.45. The molecule has 2 heterocycles. The minimum Gasteiger partial charge on any atom is -0.340 e. The number of rotatable bonds is 3. The van der Waals surface area contributed by atoms with Gasteiger partial charge in [0, 0.05) is 19.0 Å². The SMILES string of the molecule is C[C@H](C(=O)N1CCc2nc(-c3ccc(F)cc3F)[nH]c2C1)c1ccccc1. The number of halogens is 2. The maximum absolute atomic E-state index is 14.0. The molecule has 4 nitrogen and oxygen atoms in total. The van der Waals surface area contributed by atoms with E-state index in [2.05, 4.69) is 9.97 Å². The number of fused-ring (bicyclic) bond motifs is 1. The second-order valence-electron chi connectivity index (χ2n) is 6.78. The molecule has 1 aliphatic rings. The molecule has 0 saturated carbocycles. The van der Waals surface area contributed by atoms with Crippen LogP contribution in [0, 0.1) is 11.6 Å². The van der Waals surface area contributed by atoms with Crippen LogP contribution in [0.1, 0.15) is 29.8 Å². The Labute approximate surface area is 155 Å². The molecule has 1 aliphatic heterocycles. The van der Waals surface area contributed by atoms with E-state index in [9.17, 15) is 13.6 Å². The van der Waals surface area contributed by atoms with Crippen LogP contribution in [-0.2, 0) is 17.8 Å². The highest BCUT2D eigenvalue weighted by Crippen LogP contribution is 2.27. The second kappa shape index (κ2) is 6.95. The van der Waals surface area contributed by atoms with Gasteiger partial charge in [-0.05, 0) is 24.6 Å². The van der Waals surface area contributed by atoms with Gasteiger partial charge >= 0.3 is 0 Å². The van der Waals surface area contributed by atoms with Gasteiger partial charge in [-0.2, -0.15) is 0 Å². The van der Waals surface area contributed by atoms with E-state index >= 15 is 0 Å². The highest BCUT2D eigenvalue weighted by atomic mass is 19.1. The van der Waals surface area contributed by atoms with Crippen molar-refractivity contribution in [3.8, 4) is 11.4 Å². The molecule has 4 rings (SSSR count). The van der Waals surface area contributed by atoms with E-state index in [-0.39, 0.29) is 17.4 Å². The Balaban J connectivity index is 1.55. The number of nitrogens with zero attached hydrogens (tertiary/aromatic N) is 2. The average molecular weight is 367 g/mol. The first-order valence-corrected chi connectivity index (χ1v) is 8.90. The summed E-state index contributed by atoms with van der Waals surface area (Å²) in [5.74, 6) is -1.10. The van der Waals surface area contributed by atoms with Gasteiger partial charge in [-0.15, -0.1) is 0 Å². The molecule has 0 unspecified atom stereocenters. The fourth-order valence-electron chi connectivity index (χ4n) is 3.45. The molecule has 0 fully saturated rings. The fraction of sp³-hybridized carbons (Fsp3) is 0.238. The van der Waals surface area contributed by atoms with Crippen molar-refractivity contribution in [3.05, 3.63) is 77.1 Å². The van der Waals surface area contributed by atoms with Gasteiger partial charge in [-0.25, -0.2) is 13.8 Å². The van der Waals surface area contributed by atoms with Crippen LogP contribution in [0.15, 0.2) is 48.5 Å². The maximum atomic E-state index is 14.0. The Hall–Kier alpha value is -3.02. The molecular formula is C21H19F2N3O. The topological polar surface area (TPSA) is 49.0 Å². The van der Waals surface area contributed by atoms with Crippen molar-refractivity contribution in [2.24, 2.45) is 0 Å². The summed E-state index contributed by atoms with van der Waals surface area (Å²) < 4.78 is 27.2. The molecule has 0 bridgehead atoms. The molecule has 1 aromatic heterocycles. The normalized spacial score (nSPS) is 14.7. The monoisotopic (exact) mass is 367 g/mol. The quantitative estimate of drug-likeness (QED) is 0.759. The molecule has 0 saturated heterocycles. The second-order valence-corrected chi connectivity index (χ2v) is 6.78. The van der Waals surface area contributed by atoms with E-state index < -0.39 is 11.6 Å². The molecule has 3 aromatic rings. The lowest BCUT2D eigenvalue weighted by Crippen LogP contribution is -2.38. The Bertz CT molecular complexity index is 984. The van der Waals surface area contributed by atoms with E-state index in [0.717, 1.165) is 23.0 Å². The first kappa shape index (κ1) is 17.4. The van der Waals surface area contributed by atoms with Crippen LogP contribution < -0.4 is 0 Å². The summed E-state index contributed by atoms with van der Waals surface area (Å²) in [4.78, 5) is 22.2. The third kappa shape index (κ3) is 3.35. The van der Waals surface area contributed by atoms with Crippen molar-refractivity contribution in [2.75, 3.05) is 6.54 Å². The number of nitrogens with one attached hydrogen (secondary N) is 1. The number of hydrogen-bond acceptors (Lipinski definition) is 2. The summed E-state index contributed by atoms with van der Waals surface area (Å²) in [6.07, 6.45) is 0.599. The van der Waals surface area contributed by atoms with Crippen molar-refractivity contribution in [1.29, 1.82) is 0 Å². The molecule has 27 heavy (non-hydrogen) atoms. The molecule has 0 spiro atoms. The number of aromatic nitrogens is 2. The molecule has 138 valence electrons. The summed E-state index contributed by atoms with van der Waals surface area (Å²) in [6.45, 7) is 2.87. The lowest BCUT2D eigenvalue weighted by atomic mass is 9.98. The molecule has 2 aromatic carbocycles. The maximum Gasteiger partial charge on any atom is 0.230 e. The van der Waals surface area contributed by atoms with Crippen molar-refractivity contribution in [1.82, 2.24) is 14.9 Å². The zero-order valence-corrected chi connectivity index (χ0v) is 14.9. The number of amides is 1.